The number of carbonyl (C=O) groups excluding carboxylic acids is 1. The van der Waals surface area contributed by atoms with Crippen LogP contribution in [0.15, 0.2) is 36.4 Å². The first-order valence-electron chi connectivity index (χ1n) is 8.95. The molecule has 1 aliphatic heterocycles. The van der Waals surface area contributed by atoms with Gasteiger partial charge in [-0.1, -0.05) is 12.1 Å². The van der Waals surface area contributed by atoms with E-state index in [4.69, 9.17) is 4.74 Å². The van der Waals surface area contributed by atoms with Crippen molar-refractivity contribution < 1.29 is 9.53 Å². The molecule has 26 heavy (non-hydrogen) atoms. The molecule has 1 aromatic heterocycles. The Balaban J connectivity index is 1.71. The Hall–Kier alpha value is -2.31. The van der Waals surface area contributed by atoms with Gasteiger partial charge < -0.3 is 14.5 Å². The Morgan fingerprint density at radius 2 is 1.96 bits per heavy atom. The monoisotopic (exact) mass is 354 g/mol. The second-order valence-electron chi connectivity index (χ2n) is 7.09. The SMILES string of the molecule is Cc1ccc(-c2ccc(C(=O)N3CCOC[C@H](CN(C)C)C3)cc2)nn1. The maximum atomic E-state index is 12.9. The number of ether oxygens (including phenoxy) is 1. The quantitative estimate of drug-likeness (QED) is 0.842. The van der Waals surface area contributed by atoms with Crippen LogP contribution in [0.25, 0.3) is 11.3 Å². The fraction of sp³-hybridized carbons (Fsp3) is 0.450. The molecule has 6 nitrogen and oxygen atoms in total. The molecule has 1 saturated heterocycles. The second kappa shape index (κ2) is 8.38. The van der Waals surface area contributed by atoms with Crippen LogP contribution >= 0.6 is 0 Å². The number of hydrogen-bond acceptors (Lipinski definition) is 5. The number of amides is 1. The van der Waals surface area contributed by atoms with Gasteiger partial charge in [0.15, 0.2) is 0 Å². The van der Waals surface area contributed by atoms with E-state index in [1.54, 1.807) is 0 Å². The van der Waals surface area contributed by atoms with Crippen LogP contribution in [0.4, 0.5) is 0 Å². The van der Waals surface area contributed by atoms with Crippen LogP contribution in [0.1, 0.15) is 16.1 Å². The molecular formula is C20H26N4O2. The summed E-state index contributed by atoms with van der Waals surface area (Å²) in [6.45, 7) is 5.47. The smallest absolute Gasteiger partial charge is 0.253 e. The van der Waals surface area contributed by atoms with E-state index in [0.29, 0.717) is 31.2 Å². The molecule has 3 rings (SSSR count). The third-order valence-corrected chi connectivity index (χ3v) is 4.47. The first-order chi connectivity index (χ1) is 12.5. The van der Waals surface area contributed by atoms with Crippen LogP contribution in [-0.2, 0) is 4.74 Å². The van der Waals surface area contributed by atoms with Gasteiger partial charge in [-0.3, -0.25) is 4.79 Å². The standard InChI is InChI=1S/C20H26N4O2/c1-15-4-9-19(22-21-15)17-5-7-18(8-6-17)20(25)24-10-11-26-14-16(13-24)12-23(2)3/h4-9,16H,10-14H2,1-3H3/t16-/m1/s1. The van der Waals surface area contributed by atoms with Crippen molar-refractivity contribution >= 4 is 5.91 Å². The molecule has 138 valence electrons. The molecule has 1 aliphatic rings. The molecule has 0 aliphatic carbocycles. The van der Waals surface area contributed by atoms with Gasteiger partial charge in [-0.05, 0) is 45.3 Å². The number of aromatic nitrogens is 2. The molecule has 0 saturated carbocycles. The number of rotatable bonds is 4. The van der Waals surface area contributed by atoms with Gasteiger partial charge in [0, 0.05) is 36.7 Å². The first-order valence-corrected chi connectivity index (χ1v) is 8.95. The number of nitrogens with zero attached hydrogens (tertiary/aromatic N) is 4. The van der Waals surface area contributed by atoms with Gasteiger partial charge in [-0.2, -0.15) is 10.2 Å². The van der Waals surface area contributed by atoms with Gasteiger partial charge in [0.25, 0.3) is 5.91 Å². The van der Waals surface area contributed by atoms with E-state index in [-0.39, 0.29) is 5.91 Å². The predicted molar refractivity (Wildman–Crippen MR) is 101 cm³/mol. The summed E-state index contributed by atoms with van der Waals surface area (Å²) in [5.74, 6) is 0.388. The minimum Gasteiger partial charge on any atom is -0.379 e. The molecule has 0 bridgehead atoms. The summed E-state index contributed by atoms with van der Waals surface area (Å²) in [5, 5.41) is 8.28. The van der Waals surface area contributed by atoms with E-state index in [1.165, 1.54) is 0 Å². The van der Waals surface area contributed by atoms with Gasteiger partial charge >= 0.3 is 0 Å². The highest BCUT2D eigenvalue weighted by atomic mass is 16.5. The molecule has 1 aromatic carbocycles. The highest BCUT2D eigenvalue weighted by molar-refractivity contribution is 5.94. The highest BCUT2D eigenvalue weighted by Gasteiger charge is 2.23. The summed E-state index contributed by atoms with van der Waals surface area (Å²) >= 11 is 0. The zero-order valence-electron chi connectivity index (χ0n) is 15.7. The van der Waals surface area contributed by atoms with Gasteiger partial charge in [0.1, 0.15) is 0 Å². The minimum absolute atomic E-state index is 0.0563. The third-order valence-electron chi connectivity index (χ3n) is 4.47. The normalized spacial score (nSPS) is 18.0. The Morgan fingerprint density at radius 1 is 1.19 bits per heavy atom. The molecule has 0 spiro atoms. The summed E-state index contributed by atoms with van der Waals surface area (Å²) in [6.07, 6.45) is 0. The zero-order chi connectivity index (χ0) is 18.5. The summed E-state index contributed by atoms with van der Waals surface area (Å²) in [6, 6.07) is 11.5. The summed E-state index contributed by atoms with van der Waals surface area (Å²) in [4.78, 5) is 16.9. The Kier molecular flexibility index (Phi) is 5.96. The van der Waals surface area contributed by atoms with Gasteiger partial charge in [0.2, 0.25) is 0 Å². The molecule has 0 N–H and O–H groups in total. The van der Waals surface area contributed by atoms with Crippen LogP contribution in [-0.4, -0.2) is 72.8 Å². The Labute approximate surface area is 154 Å². The van der Waals surface area contributed by atoms with E-state index < -0.39 is 0 Å². The maximum absolute atomic E-state index is 12.9. The lowest BCUT2D eigenvalue weighted by Crippen LogP contribution is -2.38. The van der Waals surface area contributed by atoms with Crippen LogP contribution in [0, 0.1) is 12.8 Å². The van der Waals surface area contributed by atoms with Crippen molar-refractivity contribution in [2.45, 2.75) is 6.92 Å². The van der Waals surface area contributed by atoms with Crippen LogP contribution in [0.2, 0.25) is 0 Å². The van der Waals surface area contributed by atoms with Gasteiger partial charge in [-0.15, -0.1) is 0 Å². The van der Waals surface area contributed by atoms with Crippen LogP contribution < -0.4 is 0 Å². The van der Waals surface area contributed by atoms with Crippen molar-refractivity contribution in [1.29, 1.82) is 0 Å². The fourth-order valence-electron chi connectivity index (χ4n) is 3.21. The van der Waals surface area contributed by atoms with E-state index in [9.17, 15) is 4.79 Å². The van der Waals surface area contributed by atoms with Crippen molar-refractivity contribution in [3.05, 3.63) is 47.7 Å². The number of carbonyl (C=O) groups is 1. The van der Waals surface area contributed by atoms with Crippen molar-refractivity contribution in [3.63, 3.8) is 0 Å². The lowest BCUT2D eigenvalue weighted by atomic mass is 10.1. The zero-order valence-corrected chi connectivity index (χ0v) is 15.7. The molecule has 0 unspecified atom stereocenters. The number of aryl methyl sites for hydroxylation is 1. The lowest BCUT2D eigenvalue weighted by Gasteiger charge is -2.25. The molecule has 0 radical (unpaired) electrons. The molecule has 6 heteroatoms. The number of hydrogen-bond donors (Lipinski definition) is 0. The molecule has 2 aromatic rings. The minimum atomic E-state index is 0.0563. The largest absolute Gasteiger partial charge is 0.379 e. The molecule has 1 atom stereocenters. The first kappa shape index (κ1) is 18.5. The Morgan fingerprint density at radius 3 is 2.62 bits per heavy atom. The predicted octanol–water partition coefficient (Wildman–Crippen LogP) is 2.10. The van der Waals surface area contributed by atoms with E-state index in [2.05, 4.69) is 15.1 Å². The van der Waals surface area contributed by atoms with Crippen molar-refractivity contribution in [2.75, 3.05) is 46.9 Å². The molecule has 2 heterocycles. The average Bonchev–Trinajstić information content (AvgIpc) is 2.87. The highest BCUT2D eigenvalue weighted by Crippen LogP contribution is 2.19. The average molecular weight is 354 g/mol. The van der Waals surface area contributed by atoms with Gasteiger partial charge in [-0.25, -0.2) is 0 Å². The summed E-state index contributed by atoms with van der Waals surface area (Å²) in [5.41, 5.74) is 3.35. The molecule has 1 amide bonds. The lowest BCUT2D eigenvalue weighted by molar-refractivity contribution is 0.0735. The molecular weight excluding hydrogens is 328 g/mol. The van der Waals surface area contributed by atoms with E-state index in [0.717, 1.165) is 30.0 Å². The molecule has 1 fully saturated rings. The van der Waals surface area contributed by atoms with Crippen LogP contribution in [0.3, 0.4) is 0 Å². The summed E-state index contributed by atoms with van der Waals surface area (Å²) < 4.78 is 5.68. The Bertz CT molecular complexity index is 728. The topological polar surface area (TPSA) is 58.6 Å². The van der Waals surface area contributed by atoms with E-state index in [1.807, 2.05) is 62.3 Å². The maximum Gasteiger partial charge on any atom is 0.253 e. The van der Waals surface area contributed by atoms with Crippen LogP contribution in [0.5, 0.6) is 0 Å². The van der Waals surface area contributed by atoms with Crippen molar-refractivity contribution in [2.24, 2.45) is 5.92 Å². The summed E-state index contributed by atoms with van der Waals surface area (Å²) in [7, 11) is 4.09. The van der Waals surface area contributed by atoms with Crippen molar-refractivity contribution in [1.82, 2.24) is 20.0 Å². The third kappa shape index (κ3) is 4.65. The van der Waals surface area contributed by atoms with Crippen molar-refractivity contribution in [3.8, 4) is 11.3 Å². The fourth-order valence-corrected chi connectivity index (χ4v) is 3.21. The number of benzene rings is 1. The van der Waals surface area contributed by atoms with E-state index >= 15 is 0 Å². The van der Waals surface area contributed by atoms with Gasteiger partial charge in [0.05, 0.1) is 24.6 Å². The second-order valence-corrected chi connectivity index (χ2v) is 7.09.